The number of fused-ring (bicyclic) bond motifs is 1. The molecule has 0 aromatic carbocycles. The Morgan fingerprint density at radius 1 is 1.58 bits per heavy atom. The second-order valence-electron chi connectivity index (χ2n) is 5.35. The van der Waals surface area contributed by atoms with Crippen molar-refractivity contribution in [2.24, 2.45) is 0 Å². The van der Waals surface area contributed by atoms with Crippen molar-refractivity contribution in [3.63, 3.8) is 0 Å². The number of ether oxygens (including phenoxy) is 2. The fraction of sp³-hybridized carbons (Fsp3) is 0.538. The largest absolute Gasteiger partial charge is 0.457 e. The lowest BCUT2D eigenvalue weighted by atomic mass is 9.83. The summed E-state index contributed by atoms with van der Waals surface area (Å²) in [6, 6.07) is 0. The summed E-state index contributed by atoms with van der Waals surface area (Å²) >= 11 is 2.06. The van der Waals surface area contributed by atoms with Gasteiger partial charge in [0.25, 0.3) is 0 Å². The first-order valence-electron chi connectivity index (χ1n) is 6.09. The standard InChI is InChI=1S/C13H13IO5/c1-4-13(3,14)11(16)18-7-6-5-12(2)9(17-6)8(7)19-10(12)15/h4-5H2,1-3H3. The summed E-state index contributed by atoms with van der Waals surface area (Å²) in [4.78, 5) is 23.9. The number of furan rings is 1. The van der Waals surface area contributed by atoms with E-state index in [1.807, 2.05) is 6.92 Å². The Bertz CT molecular complexity index is 600. The van der Waals surface area contributed by atoms with Crippen LogP contribution in [0.4, 0.5) is 0 Å². The maximum absolute atomic E-state index is 12.1. The van der Waals surface area contributed by atoms with Crippen molar-refractivity contribution < 1.29 is 23.5 Å². The Balaban J connectivity index is 1.94. The van der Waals surface area contributed by atoms with Crippen LogP contribution in [0.1, 0.15) is 38.7 Å². The van der Waals surface area contributed by atoms with Crippen LogP contribution in [0.5, 0.6) is 11.5 Å². The molecule has 2 atom stereocenters. The number of halogens is 1. The highest BCUT2D eigenvalue weighted by Gasteiger charge is 2.58. The first kappa shape index (κ1) is 13.0. The topological polar surface area (TPSA) is 65.7 Å². The molecule has 0 saturated heterocycles. The molecule has 0 aliphatic carbocycles. The minimum Gasteiger partial charge on any atom is -0.457 e. The van der Waals surface area contributed by atoms with E-state index in [1.54, 1.807) is 13.8 Å². The van der Waals surface area contributed by atoms with E-state index in [2.05, 4.69) is 22.6 Å². The lowest BCUT2D eigenvalue weighted by Gasteiger charge is -2.18. The van der Waals surface area contributed by atoms with Crippen LogP contribution in [-0.4, -0.2) is 15.4 Å². The summed E-state index contributed by atoms with van der Waals surface area (Å²) in [7, 11) is 0. The van der Waals surface area contributed by atoms with Crippen molar-refractivity contribution in [1.29, 1.82) is 0 Å². The molecule has 2 aliphatic heterocycles. The highest BCUT2D eigenvalue weighted by Crippen LogP contribution is 2.57. The molecule has 102 valence electrons. The summed E-state index contributed by atoms with van der Waals surface area (Å²) in [5.41, 5.74) is -0.723. The molecule has 1 aromatic heterocycles. The Hall–Kier alpha value is -1.05. The predicted molar refractivity (Wildman–Crippen MR) is 73.8 cm³/mol. The third-order valence-corrected chi connectivity index (χ3v) is 5.04. The van der Waals surface area contributed by atoms with Crippen LogP contribution in [0.15, 0.2) is 4.42 Å². The quantitative estimate of drug-likeness (QED) is 0.461. The summed E-state index contributed by atoms with van der Waals surface area (Å²) < 4.78 is 15.5. The van der Waals surface area contributed by atoms with E-state index < -0.39 is 8.84 Å². The molecule has 0 radical (unpaired) electrons. The average Bonchev–Trinajstić information content (AvgIpc) is 2.90. The van der Waals surface area contributed by atoms with Gasteiger partial charge in [0.2, 0.25) is 11.5 Å². The smallest absolute Gasteiger partial charge is 0.327 e. The lowest BCUT2D eigenvalue weighted by molar-refractivity contribution is -0.138. The number of esters is 2. The van der Waals surface area contributed by atoms with Crippen LogP contribution in [0.2, 0.25) is 0 Å². The fourth-order valence-electron chi connectivity index (χ4n) is 2.24. The molecule has 19 heavy (non-hydrogen) atoms. The highest BCUT2D eigenvalue weighted by molar-refractivity contribution is 14.1. The summed E-state index contributed by atoms with van der Waals surface area (Å²) in [5.74, 6) is 0.875. The van der Waals surface area contributed by atoms with Crippen molar-refractivity contribution in [3.8, 4) is 11.5 Å². The van der Waals surface area contributed by atoms with Gasteiger partial charge < -0.3 is 13.9 Å². The Morgan fingerprint density at radius 2 is 2.26 bits per heavy atom. The molecule has 0 fully saturated rings. The van der Waals surface area contributed by atoms with Gasteiger partial charge in [0.15, 0.2) is 11.5 Å². The Kier molecular flexibility index (Phi) is 2.55. The molecular formula is C13H13IO5. The van der Waals surface area contributed by atoms with Gasteiger partial charge in [-0.25, -0.2) is 0 Å². The van der Waals surface area contributed by atoms with E-state index in [0.717, 1.165) is 0 Å². The SMILES string of the molecule is CCC(C)(I)C(=O)Oc1c2oc3c1OC(=O)C3(C)C2. The molecule has 2 aliphatic rings. The number of carbonyl (C=O) groups is 2. The maximum Gasteiger partial charge on any atom is 0.327 e. The summed E-state index contributed by atoms with van der Waals surface area (Å²) in [5, 5.41) is 0. The van der Waals surface area contributed by atoms with E-state index in [-0.39, 0.29) is 23.4 Å². The van der Waals surface area contributed by atoms with Crippen molar-refractivity contribution >= 4 is 34.5 Å². The van der Waals surface area contributed by atoms with Crippen molar-refractivity contribution in [1.82, 2.24) is 0 Å². The molecule has 1 aromatic rings. The number of alkyl halides is 1. The molecule has 0 N–H and O–H groups in total. The van der Waals surface area contributed by atoms with Crippen molar-refractivity contribution in [3.05, 3.63) is 11.5 Å². The van der Waals surface area contributed by atoms with Gasteiger partial charge in [-0.3, -0.25) is 9.59 Å². The van der Waals surface area contributed by atoms with Crippen LogP contribution < -0.4 is 9.47 Å². The van der Waals surface area contributed by atoms with Crippen LogP contribution >= 0.6 is 22.6 Å². The maximum atomic E-state index is 12.1. The number of carbonyl (C=O) groups excluding carboxylic acids is 2. The summed E-state index contributed by atoms with van der Waals surface area (Å²) in [6.45, 7) is 5.49. The number of hydrogen-bond donors (Lipinski definition) is 0. The van der Waals surface area contributed by atoms with Gasteiger partial charge in [-0.2, -0.15) is 0 Å². The van der Waals surface area contributed by atoms with Crippen LogP contribution in [0, 0.1) is 0 Å². The third kappa shape index (κ3) is 1.58. The van der Waals surface area contributed by atoms with Crippen LogP contribution in [-0.2, 0) is 21.4 Å². The van der Waals surface area contributed by atoms with E-state index in [1.165, 1.54) is 0 Å². The lowest BCUT2D eigenvalue weighted by Crippen LogP contribution is -2.32. The second-order valence-corrected chi connectivity index (χ2v) is 7.73. The molecule has 3 rings (SSSR count). The first-order chi connectivity index (χ1) is 8.79. The van der Waals surface area contributed by atoms with E-state index in [0.29, 0.717) is 24.4 Å². The molecule has 0 spiro atoms. The van der Waals surface area contributed by atoms with Crippen LogP contribution in [0.25, 0.3) is 0 Å². The molecule has 2 unspecified atom stereocenters. The van der Waals surface area contributed by atoms with Gasteiger partial charge >= 0.3 is 11.9 Å². The fourth-order valence-corrected chi connectivity index (χ4v) is 2.35. The average molecular weight is 376 g/mol. The molecule has 0 amide bonds. The normalized spacial score (nSPS) is 26.2. The van der Waals surface area contributed by atoms with Gasteiger partial charge in [0.1, 0.15) is 8.84 Å². The molecule has 6 heteroatoms. The zero-order chi connectivity index (χ0) is 14.0. The van der Waals surface area contributed by atoms with Crippen LogP contribution in [0.3, 0.4) is 0 Å². The van der Waals surface area contributed by atoms with Crippen molar-refractivity contribution in [2.45, 2.75) is 42.4 Å². The zero-order valence-electron chi connectivity index (χ0n) is 10.8. The molecule has 2 bridgehead atoms. The Labute approximate surface area is 123 Å². The number of rotatable bonds is 3. The zero-order valence-corrected chi connectivity index (χ0v) is 13.0. The van der Waals surface area contributed by atoms with E-state index in [9.17, 15) is 9.59 Å². The summed E-state index contributed by atoms with van der Waals surface area (Å²) in [6.07, 6.45) is 1.05. The molecule has 5 nitrogen and oxygen atoms in total. The monoisotopic (exact) mass is 376 g/mol. The van der Waals surface area contributed by atoms with Gasteiger partial charge in [0.05, 0.1) is 0 Å². The van der Waals surface area contributed by atoms with Gasteiger partial charge in [-0.05, 0) is 20.3 Å². The van der Waals surface area contributed by atoms with Gasteiger partial charge in [-0.15, -0.1) is 0 Å². The van der Waals surface area contributed by atoms with Crippen molar-refractivity contribution in [2.75, 3.05) is 0 Å². The number of hydrogen-bond acceptors (Lipinski definition) is 5. The van der Waals surface area contributed by atoms with E-state index in [4.69, 9.17) is 13.9 Å². The third-order valence-electron chi connectivity index (χ3n) is 3.84. The highest BCUT2D eigenvalue weighted by atomic mass is 127. The van der Waals surface area contributed by atoms with Gasteiger partial charge in [-0.1, -0.05) is 29.5 Å². The minimum atomic E-state index is -0.723. The van der Waals surface area contributed by atoms with E-state index >= 15 is 0 Å². The molecule has 0 saturated carbocycles. The minimum absolute atomic E-state index is 0.277. The first-order valence-corrected chi connectivity index (χ1v) is 7.17. The predicted octanol–water partition coefficient (Wildman–Crippen LogP) is 2.52. The molecular weight excluding hydrogens is 363 g/mol. The second kappa shape index (κ2) is 3.74. The van der Waals surface area contributed by atoms with Gasteiger partial charge in [0, 0.05) is 6.42 Å². The molecule has 3 heterocycles. The Morgan fingerprint density at radius 3 is 2.89 bits per heavy atom.